The molecular weight excluding hydrogens is 250 g/mol. The maximum atomic E-state index is 11.7. The summed E-state index contributed by atoms with van der Waals surface area (Å²) in [6, 6.07) is 3.55. The molecule has 3 rings (SSSR count). The number of Topliss-reactive ketones (excluding diaryl/α,β-unsaturated/α-hetero) is 1. The van der Waals surface area contributed by atoms with E-state index in [9.17, 15) is 4.79 Å². The van der Waals surface area contributed by atoms with Gasteiger partial charge in [-0.2, -0.15) is 0 Å². The largest absolute Gasteiger partial charge is 0.480 e. The van der Waals surface area contributed by atoms with E-state index in [4.69, 9.17) is 4.74 Å². The molecule has 0 fully saturated rings. The van der Waals surface area contributed by atoms with Gasteiger partial charge in [0.1, 0.15) is 10.7 Å². The molecule has 0 atom stereocenters. The van der Waals surface area contributed by atoms with E-state index >= 15 is 0 Å². The lowest BCUT2D eigenvalue weighted by Gasteiger charge is -2.06. The highest BCUT2D eigenvalue weighted by molar-refractivity contribution is 7.17. The van der Waals surface area contributed by atoms with Crippen molar-refractivity contribution in [3.05, 3.63) is 22.7 Å². The second-order valence-electron chi connectivity index (χ2n) is 4.03. The van der Waals surface area contributed by atoms with Crippen molar-refractivity contribution >= 4 is 17.1 Å². The third kappa shape index (κ3) is 1.88. The minimum absolute atomic E-state index is 0.196. The molecule has 0 aliphatic heterocycles. The Bertz CT molecular complexity index is 592. The summed E-state index contributed by atoms with van der Waals surface area (Å²) in [6.07, 6.45) is 2.40. The highest BCUT2D eigenvalue weighted by Gasteiger charge is 2.23. The summed E-state index contributed by atoms with van der Waals surface area (Å²) in [4.78, 5) is 17.0. The molecule has 0 aromatic carbocycles. The van der Waals surface area contributed by atoms with E-state index in [2.05, 4.69) is 15.2 Å². The zero-order valence-electron chi connectivity index (χ0n) is 9.84. The number of nitrogens with zero attached hydrogens (tertiary/aromatic N) is 3. The lowest BCUT2D eigenvalue weighted by atomic mass is 10.0. The molecule has 0 spiro atoms. The van der Waals surface area contributed by atoms with Gasteiger partial charge < -0.3 is 4.74 Å². The number of carbonyl (C=O) groups is 1. The molecule has 6 heteroatoms. The van der Waals surface area contributed by atoms with Crippen LogP contribution >= 0.6 is 11.3 Å². The van der Waals surface area contributed by atoms with Crippen molar-refractivity contribution in [2.45, 2.75) is 19.3 Å². The smallest absolute Gasteiger partial charge is 0.233 e. The molecule has 2 heterocycles. The van der Waals surface area contributed by atoms with Crippen LogP contribution in [0.1, 0.15) is 28.2 Å². The molecule has 0 bridgehead atoms. The quantitative estimate of drug-likeness (QED) is 0.828. The average Bonchev–Trinajstić information content (AvgIpc) is 2.84. The second-order valence-corrected chi connectivity index (χ2v) is 5.03. The van der Waals surface area contributed by atoms with Gasteiger partial charge in [0.05, 0.1) is 17.7 Å². The minimum Gasteiger partial charge on any atom is -0.480 e. The number of rotatable bonds is 2. The van der Waals surface area contributed by atoms with Gasteiger partial charge in [0.25, 0.3) is 0 Å². The molecular formula is C12H11N3O2S. The van der Waals surface area contributed by atoms with Gasteiger partial charge in [-0.05, 0) is 18.9 Å². The molecule has 1 aliphatic rings. The Hall–Kier alpha value is -1.82. The number of ketones is 1. The number of aromatic nitrogens is 3. The van der Waals surface area contributed by atoms with Gasteiger partial charge in [-0.25, -0.2) is 4.98 Å². The predicted octanol–water partition coefficient (Wildman–Crippen LogP) is 2.13. The highest BCUT2D eigenvalue weighted by atomic mass is 32.1. The van der Waals surface area contributed by atoms with Crippen LogP contribution in [0.25, 0.3) is 10.7 Å². The van der Waals surface area contributed by atoms with Gasteiger partial charge in [-0.15, -0.1) is 21.5 Å². The van der Waals surface area contributed by atoms with E-state index in [1.165, 1.54) is 11.3 Å². The summed E-state index contributed by atoms with van der Waals surface area (Å²) in [5.74, 6) is 0.664. The van der Waals surface area contributed by atoms with E-state index in [0.717, 1.165) is 28.4 Å². The van der Waals surface area contributed by atoms with Crippen LogP contribution < -0.4 is 4.74 Å². The Kier molecular flexibility index (Phi) is 2.79. The summed E-state index contributed by atoms with van der Waals surface area (Å²) in [6.45, 7) is 0. The Morgan fingerprint density at radius 2 is 2.17 bits per heavy atom. The fourth-order valence-corrected chi connectivity index (χ4v) is 2.97. The monoisotopic (exact) mass is 261 g/mol. The molecule has 0 unspecified atom stereocenters. The fraction of sp³-hybridized carbons (Fsp3) is 0.333. The number of carbonyl (C=O) groups excluding carboxylic acids is 1. The van der Waals surface area contributed by atoms with Gasteiger partial charge in [0, 0.05) is 12.5 Å². The molecule has 2 aromatic heterocycles. The van der Waals surface area contributed by atoms with Gasteiger partial charge in [-0.3, -0.25) is 4.79 Å². The first-order valence-electron chi connectivity index (χ1n) is 5.69. The zero-order valence-corrected chi connectivity index (χ0v) is 10.7. The maximum Gasteiger partial charge on any atom is 0.233 e. The van der Waals surface area contributed by atoms with Crippen LogP contribution in [-0.4, -0.2) is 28.1 Å². The predicted molar refractivity (Wildman–Crippen MR) is 67.0 cm³/mol. The third-order valence-corrected chi connectivity index (χ3v) is 4.00. The molecule has 0 N–H and O–H groups in total. The number of hydrogen-bond donors (Lipinski definition) is 0. The summed E-state index contributed by atoms with van der Waals surface area (Å²) < 4.78 is 4.96. The molecule has 18 heavy (non-hydrogen) atoms. The Labute approximate surface area is 108 Å². The summed E-state index contributed by atoms with van der Waals surface area (Å²) in [5, 5.41) is 8.71. The lowest BCUT2D eigenvalue weighted by molar-refractivity contribution is 0.0976. The van der Waals surface area contributed by atoms with E-state index in [0.29, 0.717) is 18.0 Å². The number of methoxy groups -OCH3 is 1. The van der Waals surface area contributed by atoms with Crippen molar-refractivity contribution in [3.8, 4) is 16.6 Å². The normalized spacial score (nSPS) is 14.4. The zero-order chi connectivity index (χ0) is 12.5. The Balaban J connectivity index is 1.99. The number of fused-ring (bicyclic) bond motifs is 1. The van der Waals surface area contributed by atoms with Crippen LogP contribution in [-0.2, 0) is 6.42 Å². The lowest BCUT2D eigenvalue weighted by Crippen LogP contribution is -2.07. The van der Waals surface area contributed by atoms with Crippen LogP contribution in [0.5, 0.6) is 5.88 Å². The van der Waals surface area contributed by atoms with Crippen molar-refractivity contribution in [3.63, 3.8) is 0 Å². The van der Waals surface area contributed by atoms with Crippen LogP contribution in [0.2, 0.25) is 0 Å². The number of thiazole rings is 1. The summed E-state index contributed by atoms with van der Waals surface area (Å²) >= 11 is 1.41. The van der Waals surface area contributed by atoms with Crippen LogP contribution in [0.3, 0.4) is 0 Å². The van der Waals surface area contributed by atoms with Crippen molar-refractivity contribution < 1.29 is 9.53 Å². The van der Waals surface area contributed by atoms with Crippen molar-refractivity contribution in [1.29, 1.82) is 0 Å². The molecule has 2 aromatic rings. The molecule has 1 aliphatic carbocycles. The fourth-order valence-electron chi connectivity index (χ4n) is 1.92. The molecule has 0 amide bonds. The number of hydrogen-bond acceptors (Lipinski definition) is 6. The SMILES string of the molecule is COc1ccc(-c2nc3c(s2)C(=O)CCC3)nn1. The first kappa shape index (κ1) is 11.3. The first-order chi connectivity index (χ1) is 8.78. The Morgan fingerprint density at radius 1 is 1.28 bits per heavy atom. The molecule has 92 valence electrons. The molecule has 0 saturated heterocycles. The standard InChI is InChI=1S/C12H11N3O2S/c1-17-10-6-5-8(14-15-10)12-13-7-3-2-4-9(16)11(7)18-12/h5-6H,2-4H2,1H3. The van der Waals surface area contributed by atoms with Gasteiger partial charge in [0.15, 0.2) is 5.78 Å². The Morgan fingerprint density at radius 3 is 2.83 bits per heavy atom. The van der Waals surface area contributed by atoms with Crippen LogP contribution in [0.15, 0.2) is 12.1 Å². The number of aryl methyl sites for hydroxylation is 1. The second kappa shape index (κ2) is 4.45. The van der Waals surface area contributed by atoms with Gasteiger partial charge in [0.2, 0.25) is 5.88 Å². The number of ether oxygens (including phenoxy) is 1. The van der Waals surface area contributed by atoms with E-state index in [1.807, 2.05) is 0 Å². The molecule has 0 saturated carbocycles. The van der Waals surface area contributed by atoms with Crippen molar-refractivity contribution in [2.24, 2.45) is 0 Å². The summed E-state index contributed by atoms with van der Waals surface area (Å²) in [5.41, 5.74) is 1.59. The molecule has 0 radical (unpaired) electrons. The van der Waals surface area contributed by atoms with Crippen LogP contribution in [0, 0.1) is 0 Å². The topological polar surface area (TPSA) is 65.0 Å². The summed E-state index contributed by atoms with van der Waals surface area (Å²) in [7, 11) is 1.55. The van der Waals surface area contributed by atoms with Gasteiger partial charge >= 0.3 is 0 Å². The molecule has 5 nitrogen and oxygen atoms in total. The van der Waals surface area contributed by atoms with E-state index in [1.54, 1.807) is 19.2 Å². The maximum absolute atomic E-state index is 11.7. The first-order valence-corrected chi connectivity index (χ1v) is 6.50. The highest BCUT2D eigenvalue weighted by Crippen LogP contribution is 2.31. The third-order valence-electron chi connectivity index (χ3n) is 2.84. The minimum atomic E-state index is 0.196. The van der Waals surface area contributed by atoms with Gasteiger partial charge in [-0.1, -0.05) is 0 Å². The van der Waals surface area contributed by atoms with Crippen molar-refractivity contribution in [2.75, 3.05) is 7.11 Å². The average molecular weight is 261 g/mol. The van der Waals surface area contributed by atoms with Crippen molar-refractivity contribution in [1.82, 2.24) is 15.2 Å². The van der Waals surface area contributed by atoms with E-state index < -0.39 is 0 Å². The van der Waals surface area contributed by atoms with E-state index in [-0.39, 0.29) is 5.78 Å². The van der Waals surface area contributed by atoms with Crippen LogP contribution in [0.4, 0.5) is 0 Å².